The number of nitrogens with one attached hydrogen (secondary N) is 1. The van der Waals surface area contributed by atoms with E-state index in [2.05, 4.69) is 9.97 Å². The Bertz CT molecular complexity index is 658. The van der Waals surface area contributed by atoms with Gasteiger partial charge in [0.1, 0.15) is 18.2 Å². The van der Waals surface area contributed by atoms with E-state index in [0.717, 1.165) is 4.31 Å². The van der Waals surface area contributed by atoms with Crippen LogP contribution in [0.5, 0.6) is 5.75 Å². The minimum atomic E-state index is -3.60. The van der Waals surface area contributed by atoms with Gasteiger partial charge in [0.25, 0.3) is 10.0 Å². The first-order valence-electron chi connectivity index (χ1n) is 5.83. The van der Waals surface area contributed by atoms with Crippen LogP contribution in [-0.4, -0.2) is 42.9 Å². The Hall–Kier alpha value is -1.93. The van der Waals surface area contributed by atoms with Crippen LogP contribution in [0.2, 0.25) is 0 Å². The quantitative estimate of drug-likeness (QED) is 0.871. The predicted octanol–water partition coefficient (Wildman–Crippen LogP) is 1.25. The van der Waals surface area contributed by atoms with E-state index >= 15 is 0 Å². The van der Waals surface area contributed by atoms with Crippen LogP contribution in [0.15, 0.2) is 41.8 Å². The van der Waals surface area contributed by atoms with Gasteiger partial charge in [-0.15, -0.1) is 0 Å². The lowest BCUT2D eigenvalue weighted by atomic mass is 10.3. The van der Waals surface area contributed by atoms with Crippen LogP contribution in [0.25, 0.3) is 0 Å². The lowest BCUT2D eigenvalue weighted by Crippen LogP contribution is -2.31. The number of hydrogen-bond donors (Lipinski definition) is 1. The highest BCUT2D eigenvalue weighted by molar-refractivity contribution is 7.89. The highest BCUT2D eigenvalue weighted by Crippen LogP contribution is 2.13. The summed E-state index contributed by atoms with van der Waals surface area (Å²) in [6, 6.07) is 5.67. The van der Waals surface area contributed by atoms with E-state index in [1.165, 1.54) is 37.8 Å². The van der Waals surface area contributed by atoms with Crippen LogP contribution >= 0.6 is 0 Å². The molecule has 1 N–H and O–H groups in total. The number of halogens is 1. The zero-order chi connectivity index (χ0) is 14.6. The molecule has 1 heterocycles. The average molecular weight is 299 g/mol. The van der Waals surface area contributed by atoms with Gasteiger partial charge in [0.15, 0.2) is 5.03 Å². The molecule has 20 heavy (non-hydrogen) atoms. The lowest BCUT2D eigenvalue weighted by Gasteiger charge is -2.16. The fraction of sp³-hybridized carbons (Fsp3) is 0.250. The van der Waals surface area contributed by atoms with Crippen molar-refractivity contribution < 1.29 is 17.5 Å². The Morgan fingerprint density at radius 1 is 1.45 bits per heavy atom. The molecule has 0 radical (unpaired) electrons. The number of rotatable bonds is 6. The first kappa shape index (κ1) is 14.5. The fourth-order valence-electron chi connectivity index (χ4n) is 1.52. The van der Waals surface area contributed by atoms with Crippen molar-refractivity contribution >= 4 is 10.0 Å². The van der Waals surface area contributed by atoms with Gasteiger partial charge in [0, 0.05) is 19.7 Å². The first-order valence-corrected chi connectivity index (χ1v) is 7.27. The second-order valence-corrected chi connectivity index (χ2v) is 6.06. The van der Waals surface area contributed by atoms with E-state index in [0.29, 0.717) is 5.75 Å². The summed E-state index contributed by atoms with van der Waals surface area (Å²) in [7, 11) is -2.16. The van der Waals surface area contributed by atoms with E-state index in [1.54, 1.807) is 6.07 Å². The number of aromatic amines is 1. The van der Waals surface area contributed by atoms with Crippen LogP contribution in [0, 0.1) is 5.82 Å². The van der Waals surface area contributed by atoms with E-state index in [1.807, 2.05) is 0 Å². The molecule has 0 amide bonds. The van der Waals surface area contributed by atoms with Crippen LogP contribution in [-0.2, 0) is 10.0 Å². The molecule has 0 saturated carbocycles. The smallest absolute Gasteiger partial charge is 0.259 e. The third-order valence-corrected chi connectivity index (χ3v) is 4.41. The molecule has 0 aliphatic heterocycles. The molecule has 0 aliphatic carbocycles. The molecule has 0 spiro atoms. The number of likely N-dealkylation sites (N-methyl/N-ethyl adjacent to an activating group) is 1. The van der Waals surface area contributed by atoms with Crippen LogP contribution < -0.4 is 4.74 Å². The van der Waals surface area contributed by atoms with Crippen molar-refractivity contribution in [1.82, 2.24) is 14.3 Å². The molecule has 0 bridgehead atoms. The van der Waals surface area contributed by atoms with E-state index in [9.17, 15) is 12.8 Å². The minimum Gasteiger partial charge on any atom is -0.492 e. The zero-order valence-corrected chi connectivity index (χ0v) is 11.6. The zero-order valence-electron chi connectivity index (χ0n) is 10.8. The van der Waals surface area contributed by atoms with E-state index < -0.39 is 15.8 Å². The van der Waals surface area contributed by atoms with Gasteiger partial charge in [0.2, 0.25) is 0 Å². The molecule has 6 nitrogen and oxygen atoms in total. The summed E-state index contributed by atoms with van der Waals surface area (Å²) in [5.74, 6) is -0.0433. The molecule has 0 atom stereocenters. The summed E-state index contributed by atoms with van der Waals surface area (Å²) in [6.07, 6.45) is 2.53. The third-order valence-electron chi connectivity index (χ3n) is 2.63. The average Bonchev–Trinajstić information content (AvgIpc) is 2.93. The van der Waals surface area contributed by atoms with Crippen molar-refractivity contribution in [3.63, 3.8) is 0 Å². The fourth-order valence-corrected chi connectivity index (χ4v) is 2.57. The molecule has 108 valence electrons. The van der Waals surface area contributed by atoms with Crippen molar-refractivity contribution in [2.24, 2.45) is 0 Å². The van der Waals surface area contributed by atoms with Crippen LogP contribution in [0.1, 0.15) is 0 Å². The van der Waals surface area contributed by atoms with Crippen molar-refractivity contribution in [3.8, 4) is 5.75 Å². The molecule has 1 aromatic carbocycles. The summed E-state index contributed by atoms with van der Waals surface area (Å²) in [4.78, 5) is 6.22. The molecular weight excluding hydrogens is 285 g/mol. The Morgan fingerprint density at radius 3 is 2.90 bits per heavy atom. The van der Waals surface area contributed by atoms with Gasteiger partial charge in [-0.2, -0.15) is 4.31 Å². The van der Waals surface area contributed by atoms with Gasteiger partial charge < -0.3 is 9.72 Å². The minimum absolute atomic E-state index is 0.0192. The monoisotopic (exact) mass is 299 g/mol. The summed E-state index contributed by atoms with van der Waals surface area (Å²) in [6.45, 7) is 0.255. The Morgan fingerprint density at radius 2 is 2.25 bits per heavy atom. The van der Waals surface area contributed by atoms with E-state index in [4.69, 9.17) is 4.74 Å². The summed E-state index contributed by atoms with van der Waals surface area (Å²) in [5, 5.41) is 0.0192. The van der Waals surface area contributed by atoms with Crippen molar-refractivity contribution in [2.45, 2.75) is 5.03 Å². The molecule has 8 heteroatoms. The van der Waals surface area contributed by atoms with Gasteiger partial charge in [-0.25, -0.2) is 17.8 Å². The number of nitrogens with zero attached hydrogens (tertiary/aromatic N) is 2. The third kappa shape index (κ3) is 3.34. The van der Waals surface area contributed by atoms with Gasteiger partial charge in [0.05, 0.1) is 12.5 Å². The number of benzene rings is 1. The number of H-pyrrole nitrogens is 1. The Labute approximate surface area is 116 Å². The van der Waals surface area contributed by atoms with Crippen molar-refractivity contribution in [1.29, 1.82) is 0 Å². The Balaban J connectivity index is 1.91. The van der Waals surface area contributed by atoms with Gasteiger partial charge >= 0.3 is 0 Å². The maximum absolute atomic E-state index is 12.9. The topological polar surface area (TPSA) is 75.3 Å². The van der Waals surface area contributed by atoms with Crippen molar-refractivity contribution in [2.75, 3.05) is 20.2 Å². The summed E-state index contributed by atoms with van der Waals surface area (Å²) in [5.41, 5.74) is 0. The van der Waals surface area contributed by atoms with E-state index in [-0.39, 0.29) is 18.2 Å². The Kier molecular flexibility index (Phi) is 4.35. The SMILES string of the molecule is CN(CCOc1cccc(F)c1)S(=O)(=O)c1cnc[nH]1. The maximum atomic E-state index is 12.9. The summed E-state index contributed by atoms with van der Waals surface area (Å²) < 4.78 is 43.4. The molecular formula is C12H14FN3O3S. The van der Waals surface area contributed by atoms with Gasteiger partial charge in [-0.1, -0.05) is 6.07 Å². The molecule has 2 rings (SSSR count). The molecule has 0 aliphatic rings. The highest BCUT2D eigenvalue weighted by Gasteiger charge is 2.21. The second-order valence-electron chi connectivity index (χ2n) is 4.05. The molecule has 0 saturated heterocycles. The summed E-state index contributed by atoms with van der Waals surface area (Å²) >= 11 is 0. The largest absolute Gasteiger partial charge is 0.492 e. The standard InChI is InChI=1S/C12H14FN3O3S/c1-16(20(17,18)12-8-14-9-15-12)5-6-19-11-4-2-3-10(13)7-11/h2-4,7-9H,5-6H2,1H3,(H,14,15). The maximum Gasteiger partial charge on any atom is 0.259 e. The van der Waals surface area contributed by atoms with Crippen LogP contribution in [0.3, 0.4) is 0 Å². The van der Waals surface area contributed by atoms with Crippen LogP contribution in [0.4, 0.5) is 4.39 Å². The number of hydrogen-bond acceptors (Lipinski definition) is 4. The van der Waals surface area contributed by atoms with Gasteiger partial charge in [-0.05, 0) is 12.1 Å². The highest BCUT2D eigenvalue weighted by atomic mass is 32.2. The normalized spacial score (nSPS) is 11.8. The number of aromatic nitrogens is 2. The van der Waals surface area contributed by atoms with Crippen molar-refractivity contribution in [3.05, 3.63) is 42.6 Å². The molecule has 1 aromatic heterocycles. The first-order chi connectivity index (χ1) is 9.50. The van der Waals surface area contributed by atoms with Gasteiger partial charge in [-0.3, -0.25) is 0 Å². The number of sulfonamides is 1. The molecule has 0 unspecified atom stereocenters. The predicted molar refractivity (Wildman–Crippen MR) is 70.3 cm³/mol. The lowest BCUT2D eigenvalue weighted by molar-refractivity contribution is 0.285. The number of ether oxygens (including phenoxy) is 1. The molecule has 0 fully saturated rings. The second kappa shape index (κ2) is 6.02. The number of imidazole rings is 1. The molecule has 2 aromatic rings.